The number of esters is 2. The predicted octanol–water partition coefficient (Wildman–Crippen LogP) is 0.333. The number of aliphatic carboxylic acids is 2. The topological polar surface area (TPSA) is 127 Å². The maximum absolute atomic E-state index is 11.3. The van der Waals surface area contributed by atoms with Gasteiger partial charge in [-0.25, -0.2) is 0 Å². The van der Waals surface area contributed by atoms with Gasteiger partial charge in [0.25, 0.3) is 0 Å². The average molecular weight is 288 g/mol. The lowest BCUT2D eigenvalue weighted by Gasteiger charge is -2.35. The van der Waals surface area contributed by atoms with Gasteiger partial charge in [0.2, 0.25) is 0 Å². The molecule has 1 rings (SSSR count). The van der Waals surface area contributed by atoms with E-state index in [1.807, 2.05) is 0 Å². The Morgan fingerprint density at radius 3 is 1.35 bits per heavy atom. The molecule has 0 spiro atoms. The maximum atomic E-state index is 11.3. The zero-order valence-electron chi connectivity index (χ0n) is 10.7. The van der Waals surface area contributed by atoms with Crippen molar-refractivity contribution < 1.29 is 38.9 Å². The molecule has 8 heteroatoms. The van der Waals surface area contributed by atoms with Gasteiger partial charge in [0.1, 0.15) is 12.2 Å². The Bertz CT molecular complexity index is 364. The Kier molecular flexibility index (Phi) is 5.95. The number of hydrogen-bond donors (Lipinski definition) is 2. The summed E-state index contributed by atoms with van der Waals surface area (Å²) in [7, 11) is 0. The van der Waals surface area contributed by atoms with E-state index in [1.165, 1.54) is 0 Å². The summed E-state index contributed by atoms with van der Waals surface area (Å²) in [6.07, 6.45) is -1.14. The van der Waals surface area contributed by atoms with Crippen LogP contribution in [0, 0.1) is 0 Å². The molecule has 2 unspecified atom stereocenters. The highest BCUT2D eigenvalue weighted by molar-refractivity contribution is 5.77. The molecule has 1 fully saturated rings. The number of ether oxygens (including phenoxy) is 2. The molecule has 0 aromatic heterocycles. The summed E-state index contributed by atoms with van der Waals surface area (Å²) >= 11 is 0. The van der Waals surface area contributed by atoms with Crippen LogP contribution in [-0.2, 0) is 28.7 Å². The average Bonchev–Trinajstić information content (AvgIpc) is 2.36. The van der Waals surface area contributed by atoms with E-state index in [4.69, 9.17) is 19.7 Å². The van der Waals surface area contributed by atoms with Crippen LogP contribution in [0.4, 0.5) is 0 Å². The molecule has 0 saturated heterocycles. The fraction of sp³-hybridized carbons (Fsp3) is 0.667. The highest BCUT2D eigenvalue weighted by Gasteiger charge is 2.37. The summed E-state index contributed by atoms with van der Waals surface area (Å²) in [5.41, 5.74) is 0. The van der Waals surface area contributed by atoms with Crippen molar-refractivity contribution in [3.05, 3.63) is 0 Å². The van der Waals surface area contributed by atoms with Gasteiger partial charge in [0.05, 0.1) is 25.7 Å². The summed E-state index contributed by atoms with van der Waals surface area (Å²) < 4.78 is 9.96. The van der Waals surface area contributed by atoms with E-state index in [9.17, 15) is 19.2 Å². The van der Waals surface area contributed by atoms with Gasteiger partial charge < -0.3 is 19.7 Å². The molecule has 8 nitrogen and oxygen atoms in total. The zero-order valence-corrected chi connectivity index (χ0v) is 10.7. The lowest BCUT2D eigenvalue weighted by atomic mass is 9.91. The van der Waals surface area contributed by atoms with Crippen LogP contribution >= 0.6 is 0 Å². The van der Waals surface area contributed by atoms with Crippen LogP contribution in [0.5, 0.6) is 0 Å². The van der Waals surface area contributed by atoms with Crippen LogP contribution in [0.25, 0.3) is 0 Å². The van der Waals surface area contributed by atoms with Crippen molar-refractivity contribution in [3.63, 3.8) is 0 Å². The van der Waals surface area contributed by atoms with Crippen LogP contribution in [0.3, 0.4) is 0 Å². The molecule has 0 aromatic rings. The van der Waals surface area contributed by atoms with Gasteiger partial charge in [-0.05, 0) is 12.8 Å². The standard InChI is InChI=1S/C12H16O8/c13-9(14)3-5-11(17)19-7-1-2-8(7)20-12(18)6-4-10(15)16/h7-8H,1-6H2,(H,13,14)(H,15,16). The molecule has 0 aliphatic heterocycles. The Labute approximate surface area is 114 Å². The van der Waals surface area contributed by atoms with E-state index in [1.54, 1.807) is 0 Å². The first-order chi connectivity index (χ1) is 9.38. The second-order valence-corrected chi connectivity index (χ2v) is 4.42. The highest BCUT2D eigenvalue weighted by Crippen LogP contribution is 2.27. The first-order valence-corrected chi connectivity index (χ1v) is 6.21. The summed E-state index contributed by atoms with van der Waals surface area (Å²) in [5.74, 6) is -3.48. The number of hydrogen-bond acceptors (Lipinski definition) is 6. The third-order valence-electron chi connectivity index (χ3n) is 2.80. The molecule has 1 aliphatic carbocycles. The molecule has 0 radical (unpaired) electrons. The normalized spacial score (nSPS) is 20.6. The summed E-state index contributed by atoms with van der Waals surface area (Å²) in [5, 5.41) is 16.8. The van der Waals surface area contributed by atoms with Crippen LogP contribution in [-0.4, -0.2) is 46.3 Å². The third-order valence-corrected chi connectivity index (χ3v) is 2.80. The van der Waals surface area contributed by atoms with Gasteiger partial charge in [0, 0.05) is 0 Å². The number of carbonyl (C=O) groups is 4. The Morgan fingerprint density at radius 1 is 0.750 bits per heavy atom. The molecule has 0 heterocycles. The molecule has 2 N–H and O–H groups in total. The van der Waals surface area contributed by atoms with E-state index < -0.39 is 36.1 Å². The van der Waals surface area contributed by atoms with Crippen LogP contribution < -0.4 is 0 Å². The lowest BCUT2D eigenvalue weighted by Crippen LogP contribution is -2.43. The van der Waals surface area contributed by atoms with Crippen molar-refractivity contribution in [2.75, 3.05) is 0 Å². The van der Waals surface area contributed by atoms with Crippen molar-refractivity contribution in [2.45, 2.75) is 50.7 Å². The van der Waals surface area contributed by atoms with Gasteiger partial charge in [-0.2, -0.15) is 0 Å². The van der Waals surface area contributed by atoms with Crippen molar-refractivity contribution in [1.82, 2.24) is 0 Å². The van der Waals surface area contributed by atoms with Crippen LogP contribution in [0.1, 0.15) is 38.5 Å². The highest BCUT2D eigenvalue weighted by atomic mass is 16.6. The second kappa shape index (κ2) is 7.46. The van der Waals surface area contributed by atoms with Gasteiger partial charge in [-0.15, -0.1) is 0 Å². The van der Waals surface area contributed by atoms with E-state index in [0.717, 1.165) is 0 Å². The summed E-state index contributed by atoms with van der Waals surface area (Å²) in [6, 6.07) is 0. The number of carboxylic acids is 2. The summed E-state index contributed by atoms with van der Waals surface area (Å²) in [6.45, 7) is 0. The van der Waals surface area contributed by atoms with Gasteiger partial charge in [-0.1, -0.05) is 0 Å². The van der Waals surface area contributed by atoms with Gasteiger partial charge in [-0.3, -0.25) is 19.2 Å². The Hall–Kier alpha value is -2.12. The minimum Gasteiger partial charge on any atom is -0.481 e. The number of carboxylic acid groups (broad SMARTS) is 2. The molecule has 1 aliphatic rings. The lowest BCUT2D eigenvalue weighted by molar-refractivity contribution is -0.181. The minimum atomic E-state index is -1.09. The molecular formula is C12H16O8. The van der Waals surface area contributed by atoms with E-state index >= 15 is 0 Å². The van der Waals surface area contributed by atoms with E-state index in [2.05, 4.69) is 0 Å². The largest absolute Gasteiger partial charge is 0.481 e. The minimum absolute atomic E-state index is 0.231. The SMILES string of the molecule is O=C(O)CCC(=O)OC1CCC1OC(=O)CCC(=O)O. The predicted molar refractivity (Wildman–Crippen MR) is 62.7 cm³/mol. The Balaban J connectivity index is 2.25. The molecule has 0 amide bonds. The van der Waals surface area contributed by atoms with Crippen LogP contribution in [0.2, 0.25) is 0 Å². The van der Waals surface area contributed by atoms with E-state index in [-0.39, 0.29) is 25.7 Å². The molecule has 20 heavy (non-hydrogen) atoms. The van der Waals surface area contributed by atoms with E-state index in [0.29, 0.717) is 12.8 Å². The van der Waals surface area contributed by atoms with Crippen molar-refractivity contribution in [3.8, 4) is 0 Å². The molecule has 0 aromatic carbocycles. The molecular weight excluding hydrogens is 272 g/mol. The fourth-order valence-corrected chi connectivity index (χ4v) is 1.58. The molecule has 112 valence electrons. The first kappa shape index (κ1) is 15.9. The maximum Gasteiger partial charge on any atom is 0.306 e. The number of carbonyl (C=O) groups excluding carboxylic acids is 2. The molecule has 1 saturated carbocycles. The Morgan fingerprint density at radius 2 is 1.10 bits per heavy atom. The molecule has 0 bridgehead atoms. The first-order valence-electron chi connectivity index (χ1n) is 6.21. The van der Waals surface area contributed by atoms with Crippen LogP contribution in [0.15, 0.2) is 0 Å². The molecule has 2 atom stereocenters. The third kappa shape index (κ3) is 5.68. The van der Waals surface area contributed by atoms with Crippen molar-refractivity contribution in [1.29, 1.82) is 0 Å². The fourth-order valence-electron chi connectivity index (χ4n) is 1.58. The summed E-state index contributed by atoms with van der Waals surface area (Å²) in [4.78, 5) is 43.2. The monoisotopic (exact) mass is 288 g/mol. The number of rotatable bonds is 8. The van der Waals surface area contributed by atoms with Gasteiger partial charge >= 0.3 is 23.9 Å². The zero-order chi connectivity index (χ0) is 15.1. The second-order valence-electron chi connectivity index (χ2n) is 4.42. The quantitative estimate of drug-likeness (QED) is 0.612. The van der Waals surface area contributed by atoms with Crippen molar-refractivity contribution >= 4 is 23.9 Å². The van der Waals surface area contributed by atoms with Crippen molar-refractivity contribution in [2.24, 2.45) is 0 Å². The van der Waals surface area contributed by atoms with Gasteiger partial charge in [0.15, 0.2) is 0 Å². The smallest absolute Gasteiger partial charge is 0.306 e.